The number of hydrogen-bond donors (Lipinski definition) is 0. The molecule has 0 saturated carbocycles. The van der Waals surface area contributed by atoms with E-state index >= 15 is 0 Å². The van der Waals surface area contributed by atoms with Crippen molar-refractivity contribution in [1.29, 1.82) is 0 Å². The quantitative estimate of drug-likeness (QED) is 0.525. The summed E-state index contributed by atoms with van der Waals surface area (Å²) < 4.78 is 7.14. The second kappa shape index (κ2) is 5.88. The topological polar surface area (TPSA) is 86.7 Å². The van der Waals surface area contributed by atoms with Gasteiger partial charge in [0.05, 0.1) is 5.75 Å². The Hall–Kier alpha value is -2.48. The smallest absolute Gasteiger partial charge is 0.285 e. The van der Waals surface area contributed by atoms with Gasteiger partial charge in [-0.05, 0) is 12.1 Å². The first-order chi connectivity index (χ1) is 10.2. The highest BCUT2D eigenvalue weighted by atomic mass is 32.2. The van der Waals surface area contributed by atoms with Crippen LogP contribution in [0.1, 0.15) is 10.7 Å². The molecule has 0 bridgehead atoms. The molecule has 0 saturated heterocycles. The molecule has 0 amide bonds. The van der Waals surface area contributed by atoms with Gasteiger partial charge in [-0.2, -0.15) is 0 Å². The SMILES string of the molecule is Cn1cnnc1SCC(=O)c1nnc(-c2ccccc2)o1. The minimum atomic E-state index is -0.238. The van der Waals surface area contributed by atoms with Crippen molar-refractivity contribution in [3.05, 3.63) is 42.5 Å². The van der Waals surface area contributed by atoms with Crippen molar-refractivity contribution < 1.29 is 9.21 Å². The number of rotatable bonds is 5. The molecule has 7 nitrogen and oxygen atoms in total. The van der Waals surface area contributed by atoms with Gasteiger partial charge in [-0.15, -0.1) is 20.4 Å². The van der Waals surface area contributed by atoms with E-state index in [4.69, 9.17) is 4.42 Å². The van der Waals surface area contributed by atoms with Crippen LogP contribution in [0, 0.1) is 0 Å². The van der Waals surface area contributed by atoms with Gasteiger partial charge in [-0.3, -0.25) is 4.79 Å². The summed E-state index contributed by atoms with van der Waals surface area (Å²) >= 11 is 1.27. The number of benzene rings is 1. The summed E-state index contributed by atoms with van der Waals surface area (Å²) in [6, 6.07) is 9.31. The van der Waals surface area contributed by atoms with Gasteiger partial charge >= 0.3 is 0 Å². The third kappa shape index (κ3) is 3.00. The van der Waals surface area contributed by atoms with Crippen LogP contribution in [0.25, 0.3) is 11.5 Å². The van der Waals surface area contributed by atoms with E-state index in [1.165, 1.54) is 11.8 Å². The van der Waals surface area contributed by atoms with E-state index in [2.05, 4.69) is 20.4 Å². The number of carbonyl (C=O) groups excluding carboxylic acids is 1. The van der Waals surface area contributed by atoms with Crippen molar-refractivity contribution in [2.45, 2.75) is 5.16 Å². The number of thioether (sulfide) groups is 1. The van der Waals surface area contributed by atoms with Crippen molar-refractivity contribution in [3.63, 3.8) is 0 Å². The van der Waals surface area contributed by atoms with Crippen LogP contribution in [0.15, 0.2) is 46.2 Å². The standard InChI is InChI=1S/C13H11N5O2S/c1-18-8-14-17-13(18)21-7-10(19)12-16-15-11(20-12)9-5-3-2-4-6-9/h2-6,8H,7H2,1H3. The van der Waals surface area contributed by atoms with Crippen LogP contribution in [0.2, 0.25) is 0 Å². The molecule has 0 unspecified atom stereocenters. The third-order valence-corrected chi connectivity index (χ3v) is 3.72. The van der Waals surface area contributed by atoms with Crippen LogP contribution >= 0.6 is 11.8 Å². The van der Waals surface area contributed by atoms with Crippen molar-refractivity contribution in [2.75, 3.05) is 5.75 Å². The lowest BCUT2D eigenvalue weighted by molar-refractivity contribution is 0.0986. The lowest BCUT2D eigenvalue weighted by Gasteiger charge is -1.97. The minimum absolute atomic E-state index is 0.00326. The monoisotopic (exact) mass is 301 g/mol. The van der Waals surface area contributed by atoms with Gasteiger partial charge in [0.15, 0.2) is 5.16 Å². The molecule has 0 aliphatic heterocycles. The van der Waals surface area contributed by atoms with Crippen molar-refractivity contribution in [2.24, 2.45) is 7.05 Å². The summed E-state index contributed by atoms with van der Waals surface area (Å²) in [5, 5.41) is 16.0. The molecule has 0 aliphatic rings. The number of aryl methyl sites for hydroxylation is 1. The van der Waals surface area contributed by atoms with E-state index in [0.29, 0.717) is 11.0 Å². The Kier molecular flexibility index (Phi) is 3.78. The Morgan fingerprint density at radius 1 is 1.24 bits per heavy atom. The summed E-state index contributed by atoms with van der Waals surface area (Å²) in [6.45, 7) is 0. The van der Waals surface area contributed by atoms with Gasteiger partial charge in [0.2, 0.25) is 11.7 Å². The number of Topliss-reactive ketones (excluding diaryl/α,β-unsaturated/α-hetero) is 1. The number of aromatic nitrogens is 5. The van der Waals surface area contributed by atoms with Crippen LogP contribution < -0.4 is 0 Å². The number of hydrogen-bond acceptors (Lipinski definition) is 7. The summed E-state index contributed by atoms with van der Waals surface area (Å²) in [5.41, 5.74) is 0.782. The van der Waals surface area contributed by atoms with Gasteiger partial charge in [-0.25, -0.2) is 0 Å². The zero-order valence-corrected chi connectivity index (χ0v) is 11.9. The molecule has 0 atom stereocenters. The van der Waals surface area contributed by atoms with Gasteiger partial charge in [0.25, 0.3) is 5.89 Å². The largest absolute Gasteiger partial charge is 0.414 e. The Morgan fingerprint density at radius 3 is 2.76 bits per heavy atom. The molecule has 0 aliphatic carbocycles. The van der Waals surface area contributed by atoms with Crippen LogP contribution in [-0.4, -0.2) is 36.5 Å². The maximum atomic E-state index is 12.0. The molecule has 3 rings (SSSR count). The molecular formula is C13H11N5O2S. The van der Waals surface area contributed by atoms with Gasteiger partial charge in [0, 0.05) is 12.6 Å². The minimum Gasteiger partial charge on any atom is -0.414 e. The Bertz CT molecular complexity index is 753. The van der Waals surface area contributed by atoms with Gasteiger partial charge < -0.3 is 8.98 Å². The summed E-state index contributed by atoms with van der Waals surface area (Å²) in [4.78, 5) is 12.0. The lowest BCUT2D eigenvalue weighted by Crippen LogP contribution is -2.04. The van der Waals surface area contributed by atoms with E-state index < -0.39 is 0 Å². The molecule has 2 heterocycles. The average molecular weight is 301 g/mol. The average Bonchev–Trinajstić information content (AvgIpc) is 3.15. The van der Waals surface area contributed by atoms with Crippen molar-refractivity contribution in [3.8, 4) is 11.5 Å². The normalized spacial score (nSPS) is 10.7. The molecule has 2 aromatic heterocycles. The second-order valence-corrected chi connectivity index (χ2v) is 5.16. The van der Waals surface area contributed by atoms with E-state index in [0.717, 1.165) is 5.56 Å². The fourth-order valence-corrected chi connectivity index (χ4v) is 2.37. The Labute approximate surface area is 124 Å². The summed E-state index contributed by atoms with van der Waals surface area (Å²) in [7, 11) is 1.81. The molecule has 21 heavy (non-hydrogen) atoms. The summed E-state index contributed by atoms with van der Waals surface area (Å²) in [5.74, 6) is 0.270. The molecule has 106 valence electrons. The predicted molar refractivity (Wildman–Crippen MR) is 75.8 cm³/mol. The highest BCUT2D eigenvalue weighted by Crippen LogP contribution is 2.19. The first-order valence-corrected chi connectivity index (χ1v) is 7.11. The Morgan fingerprint density at radius 2 is 2.05 bits per heavy atom. The molecular weight excluding hydrogens is 290 g/mol. The Balaban J connectivity index is 1.69. The molecule has 1 aromatic carbocycles. The van der Waals surface area contributed by atoms with E-state index in [1.807, 2.05) is 37.4 Å². The molecule has 0 radical (unpaired) electrons. The van der Waals surface area contributed by atoms with E-state index in [9.17, 15) is 4.79 Å². The van der Waals surface area contributed by atoms with Crippen molar-refractivity contribution in [1.82, 2.24) is 25.0 Å². The van der Waals surface area contributed by atoms with Crippen LogP contribution in [0.4, 0.5) is 0 Å². The van der Waals surface area contributed by atoms with Crippen molar-refractivity contribution >= 4 is 17.5 Å². The summed E-state index contributed by atoms with van der Waals surface area (Å²) in [6.07, 6.45) is 1.58. The molecule has 0 N–H and O–H groups in total. The van der Waals surface area contributed by atoms with Crippen LogP contribution in [0.5, 0.6) is 0 Å². The van der Waals surface area contributed by atoms with E-state index in [-0.39, 0.29) is 17.4 Å². The molecule has 8 heteroatoms. The zero-order valence-electron chi connectivity index (χ0n) is 11.1. The number of carbonyl (C=O) groups is 1. The maximum Gasteiger partial charge on any atom is 0.285 e. The van der Waals surface area contributed by atoms with Gasteiger partial charge in [-0.1, -0.05) is 30.0 Å². The predicted octanol–water partition coefficient (Wildman–Crippen LogP) is 1.84. The van der Waals surface area contributed by atoms with Gasteiger partial charge in [0.1, 0.15) is 6.33 Å². The first kappa shape index (κ1) is 13.5. The highest BCUT2D eigenvalue weighted by molar-refractivity contribution is 7.99. The number of ketones is 1. The van der Waals surface area contributed by atoms with Crippen LogP contribution in [0.3, 0.4) is 0 Å². The van der Waals surface area contributed by atoms with Crippen LogP contribution in [-0.2, 0) is 7.05 Å². The molecule has 0 fully saturated rings. The molecule has 3 aromatic rings. The second-order valence-electron chi connectivity index (χ2n) is 4.21. The first-order valence-electron chi connectivity index (χ1n) is 6.13. The third-order valence-electron chi connectivity index (χ3n) is 2.69. The highest BCUT2D eigenvalue weighted by Gasteiger charge is 2.17. The number of nitrogens with zero attached hydrogens (tertiary/aromatic N) is 5. The maximum absolute atomic E-state index is 12.0. The fourth-order valence-electron chi connectivity index (χ4n) is 1.63. The molecule has 0 spiro atoms. The zero-order chi connectivity index (χ0) is 14.7. The fraction of sp³-hybridized carbons (Fsp3) is 0.154. The van der Waals surface area contributed by atoms with E-state index in [1.54, 1.807) is 10.9 Å². The lowest BCUT2D eigenvalue weighted by atomic mass is 10.2.